The third-order valence-electron chi connectivity index (χ3n) is 4.08. The van der Waals surface area contributed by atoms with E-state index in [2.05, 4.69) is 0 Å². The Labute approximate surface area is 135 Å². The average Bonchev–Trinajstić information content (AvgIpc) is 2.82. The van der Waals surface area contributed by atoms with E-state index in [1.54, 1.807) is 29.2 Å². The molecular formula is C17H20N2O4. The number of imide groups is 1. The van der Waals surface area contributed by atoms with Crippen molar-refractivity contribution in [3.63, 3.8) is 0 Å². The van der Waals surface area contributed by atoms with Crippen LogP contribution in [0.25, 0.3) is 0 Å². The van der Waals surface area contributed by atoms with Crippen molar-refractivity contribution in [2.24, 2.45) is 0 Å². The predicted octanol–water partition coefficient (Wildman–Crippen LogP) is 1.50. The zero-order chi connectivity index (χ0) is 17.0. The molecule has 1 aliphatic rings. The van der Waals surface area contributed by atoms with Gasteiger partial charge >= 0.3 is 0 Å². The summed E-state index contributed by atoms with van der Waals surface area (Å²) in [5.41, 5.74) is 0.610. The highest BCUT2D eigenvalue weighted by atomic mass is 16.2. The maximum absolute atomic E-state index is 12.3. The van der Waals surface area contributed by atoms with Crippen LogP contribution < -0.4 is 0 Å². The fraction of sp³-hybridized carbons (Fsp3) is 0.412. The number of rotatable bonds is 7. The van der Waals surface area contributed by atoms with Crippen molar-refractivity contribution >= 4 is 24.0 Å². The molecule has 1 aromatic carbocycles. The van der Waals surface area contributed by atoms with Crippen LogP contribution in [-0.4, -0.2) is 52.9 Å². The molecule has 2 rings (SSSR count). The standard InChI is InChI=1S/C17H20N2O4/c1-3-18(4-2)15(21)10-9-12(11-20)19-16(22)13-7-5-6-8-14(13)17(19)23/h5-8,11-12H,3-4,9-10H2,1-2H3/t12-/m0/s1. The highest BCUT2D eigenvalue weighted by molar-refractivity contribution is 6.22. The molecule has 1 aromatic rings. The second-order valence-electron chi connectivity index (χ2n) is 5.33. The van der Waals surface area contributed by atoms with E-state index in [4.69, 9.17) is 0 Å². The van der Waals surface area contributed by atoms with Crippen LogP contribution in [0.2, 0.25) is 0 Å². The smallest absolute Gasteiger partial charge is 0.262 e. The molecule has 3 amide bonds. The Kier molecular flexibility index (Phi) is 5.26. The number of hydrogen-bond donors (Lipinski definition) is 0. The van der Waals surface area contributed by atoms with Gasteiger partial charge in [0.05, 0.1) is 17.2 Å². The molecule has 0 spiro atoms. The molecule has 1 aliphatic heterocycles. The quantitative estimate of drug-likeness (QED) is 0.564. The lowest BCUT2D eigenvalue weighted by Gasteiger charge is -2.23. The van der Waals surface area contributed by atoms with Crippen molar-refractivity contribution in [3.05, 3.63) is 35.4 Å². The fourth-order valence-corrected chi connectivity index (χ4v) is 2.77. The van der Waals surface area contributed by atoms with Crippen molar-refractivity contribution in [2.45, 2.75) is 32.7 Å². The van der Waals surface area contributed by atoms with Crippen molar-refractivity contribution < 1.29 is 19.2 Å². The largest absolute Gasteiger partial charge is 0.343 e. The predicted molar refractivity (Wildman–Crippen MR) is 84.0 cm³/mol. The molecule has 23 heavy (non-hydrogen) atoms. The van der Waals surface area contributed by atoms with Gasteiger partial charge in [-0.05, 0) is 32.4 Å². The van der Waals surface area contributed by atoms with Gasteiger partial charge in [-0.2, -0.15) is 0 Å². The first-order valence-electron chi connectivity index (χ1n) is 7.75. The first-order valence-corrected chi connectivity index (χ1v) is 7.75. The summed E-state index contributed by atoms with van der Waals surface area (Å²) in [4.78, 5) is 50.7. The van der Waals surface area contributed by atoms with Gasteiger partial charge in [0.25, 0.3) is 11.8 Å². The minimum absolute atomic E-state index is 0.0848. The molecule has 0 saturated heterocycles. The van der Waals surface area contributed by atoms with E-state index >= 15 is 0 Å². The van der Waals surface area contributed by atoms with E-state index in [0.29, 0.717) is 30.5 Å². The summed E-state index contributed by atoms with van der Waals surface area (Å²) in [6, 6.07) is 5.57. The number of carbonyl (C=O) groups is 4. The van der Waals surface area contributed by atoms with Crippen molar-refractivity contribution in [2.75, 3.05) is 13.1 Å². The van der Waals surface area contributed by atoms with E-state index in [-0.39, 0.29) is 18.7 Å². The minimum atomic E-state index is -0.915. The molecule has 0 unspecified atom stereocenters. The molecule has 0 saturated carbocycles. The zero-order valence-corrected chi connectivity index (χ0v) is 13.3. The zero-order valence-electron chi connectivity index (χ0n) is 13.3. The first kappa shape index (κ1) is 16.9. The van der Waals surface area contributed by atoms with Crippen LogP contribution in [0, 0.1) is 0 Å². The average molecular weight is 316 g/mol. The summed E-state index contributed by atoms with van der Waals surface area (Å²) >= 11 is 0. The van der Waals surface area contributed by atoms with Gasteiger partial charge in [0, 0.05) is 19.5 Å². The van der Waals surface area contributed by atoms with Crippen LogP contribution in [0.3, 0.4) is 0 Å². The van der Waals surface area contributed by atoms with E-state index in [1.165, 1.54) is 0 Å². The normalized spacial score (nSPS) is 14.6. The molecule has 1 heterocycles. The molecule has 0 fully saturated rings. The number of amides is 3. The van der Waals surface area contributed by atoms with Crippen molar-refractivity contribution in [1.29, 1.82) is 0 Å². The Morgan fingerprint density at radius 3 is 2.09 bits per heavy atom. The topological polar surface area (TPSA) is 74.8 Å². The maximum Gasteiger partial charge on any atom is 0.262 e. The van der Waals surface area contributed by atoms with Crippen LogP contribution in [-0.2, 0) is 9.59 Å². The molecule has 0 N–H and O–H groups in total. The lowest BCUT2D eigenvalue weighted by atomic mass is 10.1. The van der Waals surface area contributed by atoms with Crippen molar-refractivity contribution in [1.82, 2.24) is 9.80 Å². The van der Waals surface area contributed by atoms with Gasteiger partial charge in [-0.1, -0.05) is 12.1 Å². The van der Waals surface area contributed by atoms with Crippen LogP contribution in [0.4, 0.5) is 0 Å². The number of hydrogen-bond acceptors (Lipinski definition) is 4. The summed E-state index contributed by atoms with van der Waals surface area (Å²) in [6.45, 7) is 4.94. The molecule has 0 radical (unpaired) electrons. The van der Waals surface area contributed by atoms with Gasteiger partial charge in [-0.25, -0.2) is 0 Å². The molecule has 0 bridgehead atoms. The Hall–Kier alpha value is -2.50. The van der Waals surface area contributed by atoms with Gasteiger partial charge in [0.1, 0.15) is 6.29 Å². The van der Waals surface area contributed by atoms with Crippen LogP contribution in [0.1, 0.15) is 47.4 Å². The molecule has 0 aliphatic carbocycles. The molecule has 122 valence electrons. The SMILES string of the molecule is CCN(CC)C(=O)CC[C@@H](C=O)N1C(=O)c2ccccc2C1=O. The van der Waals surface area contributed by atoms with Crippen molar-refractivity contribution in [3.8, 4) is 0 Å². The molecule has 6 nitrogen and oxygen atoms in total. The van der Waals surface area contributed by atoms with Gasteiger partial charge in [0.15, 0.2) is 0 Å². The second kappa shape index (κ2) is 7.17. The van der Waals surface area contributed by atoms with Crippen LogP contribution in [0.5, 0.6) is 0 Å². The third kappa shape index (κ3) is 3.16. The Bertz CT molecular complexity index is 602. The summed E-state index contributed by atoms with van der Waals surface area (Å²) in [7, 11) is 0. The van der Waals surface area contributed by atoms with Gasteiger partial charge in [-0.3, -0.25) is 19.3 Å². The number of fused-ring (bicyclic) bond motifs is 1. The van der Waals surface area contributed by atoms with Gasteiger partial charge in [-0.15, -0.1) is 0 Å². The van der Waals surface area contributed by atoms with E-state index in [0.717, 1.165) is 4.90 Å². The first-order chi connectivity index (χ1) is 11.0. The lowest BCUT2D eigenvalue weighted by Crippen LogP contribution is -2.42. The molecule has 6 heteroatoms. The van der Waals surface area contributed by atoms with E-state index in [1.807, 2.05) is 13.8 Å². The van der Waals surface area contributed by atoms with Crippen LogP contribution >= 0.6 is 0 Å². The second-order valence-corrected chi connectivity index (χ2v) is 5.33. The van der Waals surface area contributed by atoms with Gasteiger partial charge < -0.3 is 9.69 Å². The van der Waals surface area contributed by atoms with Gasteiger partial charge in [0.2, 0.25) is 5.91 Å². The number of benzene rings is 1. The maximum atomic E-state index is 12.3. The Balaban J connectivity index is 2.11. The summed E-state index contributed by atoms with van der Waals surface area (Å²) in [6.07, 6.45) is 0.833. The number of aldehydes is 1. The van der Waals surface area contributed by atoms with Crippen LogP contribution in [0.15, 0.2) is 24.3 Å². The minimum Gasteiger partial charge on any atom is -0.343 e. The summed E-state index contributed by atoms with van der Waals surface area (Å²) < 4.78 is 0. The Morgan fingerprint density at radius 2 is 1.65 bits per heavy atom. The fourth-order valence-electron chi connectivity index (χ4n) is 2.77. The highest BCUT2D eigenvalue weighted by Gasteiger charge is 2.39. The molecular weight excluding hydrogens is 296 g/mol. The number of carbonyl (C=O) groups excluding carboxylic acids is 4. The monoisotopic (exact) mass is 316 g/mol. The third-order valence-corrected chi connectivity index (χ3v) is 4.08. The number of nitrogens with zero attached hydrogens (tertiary/aromatic N) is 2. The lowest BCUT2D eigenvalue weighted by molar-refractivity contribution is -0.131. The Morgan fingerprint density at radius 1 is 1.13 bits per heavy atom. The summed E-state index contributed by atoms with van der Waals surface area (Å²) in [5, 5.41) is 0. The summed E-state index contributed by atoms with van der Waals surface area (Å²) in [5.74, 6) is -1.03. The molecule has 1 atom stereocenters. The van der Waals surface area contributed by atoms with E-state index in [9.17, 15) is 19.2 Å². The highest BCUT2D eigenvalue weighted by Crippen LogP contribution is 2.25. The molecule has 0 aromatic heterocycles. The van der Waals surface area contributed by atoms with E-state index < -0.39 is 17.9 Å².